The van der Waals surface area contributed by atoms with E-state index in [4.69, 9.17) is 0 Å². The Kier molecular flexibility index (Phi) is 3.80. The summed E-state index contributed by atoms with van der Waals surface area (Å²) < 4.78 is 1.44. The van der Waals surface area contributed by atoms with Gasteiger partial charge in [-0.25, -0.2) is 0 Å². The Bertz CT molecular complexity index is 568. The molecular weight excluding hydrogens is 258 g/mol. The molecule has 3 rings (SSSR count). The maximum Gasteiger partial charge on any atom is 0.0519 e. The van der Waals surface area contributed by atoms with Gasteiger partial charge < -0.3 is 4.90 Å². The van der Waals surface area contributed by atoms with E-state index in [0.717, 1.165) is 5.75 Å². The molecule has 0 aliphatic carbocycles. The number of hydrogen-bond donors (Lipinski definition) is 0. The lowest BCUT2D eigenvalue weighted by Crippen LogP contribution is -2.33. The van der Waals surface area contributed by atoms with Gasteiger partial charge in [-0.2, -0.15) is 0 Å². The van der Waals surface area contributed by atoms with E-state index in [-0.39, 0.29) is 0 Å². The molecule has 0 radical (unpaired) electrons. The Morgan fingerprint density at radius 3 is 3.11 bits per heavy atom. The number of fused-ring (bicyclic) bond motifs is 2. The van der Waals surface area contributed by atoms with E-state index < -0.39 is 0 Å². The topological polar surface area (TPSA) is 3.24 Å². The van der Waals surface area contributed by atoms with Crippen LogP contribution in [0.5, 0.6) is 0 Å². The van der Waals surface area contributed by atoms with E-state index in [1.807, 2.05) is 23.1 Å². The molecule has 1 aromatic rings. The van der Waals surface area contributed by atoms with Crippen molar-refractivity contribution in [3.05, 3.63) is 33.0 Å². The number of thioether (sulfide) groups is 1. The molecule has 0 bridgehead atoms. The maximum absolute atomic E-state index is 2.48. The SMILES string of the molecule is CCCCCCN1C=c2sccc2=C2SCC=C21. The van der Waals surface area contributed by atoms with Gasteiger partial charge in [0.15, 0.2) is 0 Å². The highest BCUT2D eigenvalue weighted by Gasteiger charge is 2.21. The van der Waals surface area contributed by atoms with Crippen molar-refractivity contribution in [2.45, 2.75) is 32.6 Å². The van der Waals surface area contributed by atoms with Crippen molar-refractivity contribution in [1.82, 2.24) is 4.90 Å². The zero-order valence-electron chi connectivity index (χ0n) is 10.8. The van der Waals surface area contributed by atoms with Gasteiger partial charge in [0.05, 0.1) is 10.2 Å². The summed E-state index contributed by atoms with van der Waals surface area (Å²) in [6.45, 7) is 3.44. The molecule has 0 aromatic carbocycles. The van der Waals surface area contributed by atoms with Crippen molar-refractivity contribution in [2.24, 2.45) is 0 Å². The first-order valence-electron chi connectivity index (χ1n) is 6.80. The third kappa shape index (κ3) is 2.26. The molecule has 0 unspecified atom stereocenters. The molecule has 2 aliphatic heterocycles. The fourth-order valence-electron chi connectivity index (χ4n) is 2.55. The Morgan fingerprint density at radius 1 is 1.28 bits per heavy atom. The molecule has 0 amide bonds. The molecule has 1 nitrogen and oxygen atoms in total. The van der Waals surface area contributed by atoms with Crippen LogP contribution in [0.25, 0.3) is 11.1 Å². The minimum Gasteiger partial charge on any atom is -0.346 e. The van der Waals surface area contributed by atoms with Crippen LogP contribution in [-0.2, 0) is 0 Å². The van der Waals surface area contributed by atoms with Crippen LogP contribution < -0.4 is 9.75 Å². The van der Waals surface area contributed by atoms with Gasteiger partial charge in [0.2, 0.25) is 0 Å². The summed E-state index contributed by atoms with van der Waals surface area (Å²) in [5, 5.41) is 3.67. The average Bonchev–Trinajstić information content (AvgIpc) is 3.01. The second-order valence-electron chi connectivity index (χ2n) is 4.81. The zero-order chi connectivity index (χ0) is 12.4. The van der Waals surface area contributed by atoms with Crippen LogP contribution in [0, 0.1) is 0 Å². The highest BCUT2D eigenvalue weighted by atomic mass is 32.2. The van der Waals surface area contributed by atoms with Crippen LogP contribution >= 0.6 is 23.1 Å². The second-order valence-corrected chi connectivity index (χ2v) is 6.79. The predicted molar refractivity (Wildman–Crippen MR) is 82.8 cm³/mol. The van der Waals surface area contributed by atoms with Crippen molar-refractivity contribution in [3.63, 3.8) is 0 Å². The van der Waals surface area contributed by atoms with Crippen LogP contribution in [0.15, 0.2) is 23.2 Å². The smallest absolute Gasteiger partial charge is 0.0519 e. The van der Waals surface area contributed by atoms with Crippen molar-refractivity contribution >= 4 is 34.2 Å². The number of unbranched alkanes of at least 4 members (excludes halogenated alkanes) is 3. The minimum atomic E-state index is 1.14. The standard InChI is InChI=1S/C15H19NS2/c1-2-3-4-5-8-16-11-14-12(6-9-17-14)15-13(16)7-10-18-15/h6-7,9,11H,2-5,8,10H2,1H3. The molecule has 3 heterocycles. The number of hydrogen-bond acceptors (Lipinski definition) is 3. The largest absolute Gasteiger partial charge is 0.346 e. The number of nitrogens with zero attached hydrogens (tertiary/aromatic N) is 1. The molecule has 2 aliphatic rings. The van der Waals surface area contributed by atoms with Gasteiger partial charge in [-0.3, -0.25) is 0 Å². The molecule has 1 aromatic heterocycles. The van der Waals surface area contributed by atoms with Gasteiger partial charge in [0.1, 0.15) is 0 Å². The number of rotatable bonds is 5. The molecule has 0 atom stereocenters. The summed E-state index contributed by atoms with van der Waals surface area (Å²) in [6, 6.07) is 2.27. The van der Waals surface area contributed by atoms with E-state index in [2.05, 4.69) is 35.5 Å². The van der Waals surface area contributed by atoms with E-state index in [1.54, 1.807) is 0 Å². The normalized spacial score (nSPS) is 17.3. The van der Waals surface area contributed by atoms with Crippen molar-refractivity contribution in [2.75, 3.05) is 12.3 Å². The molecule has 0 N–H and O–H groups in total. The number of thiophene rings is 1. The Balaban J connectivity index is 1.81. The van der Waals surface area contributed by atoms with Gasteiger partial charge in [-0.1, -0.05) is 26.2 Å². The van der Waals surface area contributed by atoms with Crippen molar-refractivity contribution in [1.29, 1.82) is 0 Å². The third-order valence-electron chi connectivity index (χ3n) is 3.51. The van der Waals surface area contributed by atoms with Crippen LogP contribution in [0.4, 0.5) is 0 Å². The molecule has 3 heteroatoms. The molecule has 18 heavy (non-hydrogen) atoms. The van der Waals surface area contributed by atoms with Crippen LogP contribution in [0.2, 0.25) is 0 Å². The third-order valence-corrected chi connectivity index (χ3v) is 5.41. The first kappa shape index (κ1) is 12.4. The molecular formula is C15H19NS2. The van der Waals surface area contributed by atoms with E-state index in [1.165, 1.54) is 52.6 Å². The van der Waals surface area contributed by atoms with Gasteiger partial charge in [0.25, 0.3) is 0 Å². The quantitative estimate of drug-likeness (QED) is 0.761. The summed E-state index contributed by atoms with van der Waals surface area (Å²) in [7, 11) is 0. The summed E-state index contributed by atoms with van der Waals surface area (Å²) in [4.78, 5) is 3.98. The summed E-state index contributed by atoms with van der Waals surface area (Å²) >= 11 is 3.85. The zero-order valence-corrected chi connectivity index (χ0v) is 12.4. The fourth-order valence-corrected chi connectivity index (χ4v) is 4.54. The van der Waals surface area contributed by atoms with E-state index in [0.29, 0.717) is 0 Å². The summed E-state index contributed by atoms with van der Waals surface area (Å²) in [6.07, 6.45) is 10.1. The van der Waals surface area contributed by atoms with Crippen LogP contribution in [0.3, 0.4) is 0 Å². The average molecular weight is 277 g/mol. The predicted octanol–water partition coefficient (Wildman–Crippen LogP) is 3.12. The van der Waals surface area contributed by atoms with Gasteiger partial charge in [-0.15, -0.1) is 23.1 Å². The van der Waals surface area contributed by atoms with Crippen molar-refractivity contribution < 1.29 is 0 Å². The molecule has 0 saturated carbocycles. The molecule has 0 saturated heterocycles. The Morgan fingerprint density at radius 2 is 2.22 bits per heavy atom. The van der Waals surface area contributed by atoms with Gasteiger partial charge in [-0.05, 0) is 23.9 Å². The van der Waals surface area contributed by atoms with Gasteiger partial charge >= 0.3 is 0 Å². The summed E-state index contributed by atoms with van der Waals surface area (Å²) in [5.41, 5.74) is 1.46. The van der Waals surface area contributed by atoms with Crippen LogP contribution in [-0.4, -0.2) is 17.2 Å². The monoisotopic (exact) mass is 277 g/mol. The highest BCUT2D eigenvalue weighted by Crippen LogP contribution is 2.35. The first-order chi connectivity index (χ1) is 8.90. The van der Waals surface area contributed by atoms with E-state index in [9.17, 15) is 0 Å². The lowest BCUT2D eigenvalue weighted by Gasteiger charge is -2.24. The second kappa shape index (κ2) is 5.54. The fraction of sp³-hybridized carbons (Fsp3) is 0.467. The lowest BCUT2D eigenvalue weighted by molar-refractivity contribution is 0.484. The Labute approximate surface area is 117 Å². The van der Waals surface area contributed by atoms with Crippen molar-refractivity contribution in [3.8, 4) is 0 Å². The lowest BCUT2D eigenvalue weighted by atomic mass is 10.1. The minimum absolute atomic E-state index is 1.14. The van der Waals surface area contributed by atoms with E-state index >= 15 is 0 Å². The maximum atomic E-state index is 2.48. The summed E-state index contributed by atoms with van der Waals surface area (Å²) in [5.74, 6) is 1.14. The Hall–Kier alpha value is -0.670. The molecule has 0 fully saturated rings. The van der Waals surface area contributed by atoms with Gasteiger partial charge in [0, 0.05) is 28.6 Å². The molecule has 0 spiro atoms. The highest BCUT2D eigenvalue weighted by molar-refractivity contribution is 8.08. The first-order valence-corrected chi connectivity index (χ1v) is 8.66. The molecule has 96 valence electrons. The van der Waals surface area contributed by atoms with Crippen LogP contribution in [0.1, 0.15) is 32.6 Å².